The number of carboxylic acids is 1. The van der Waals surface area contributed by atoms with E-state index in [4.69, 9.17) is 32.4 Å². The van der Waals surface area contributed by atoms with E-state index in [0.717, 1.165) is 15.8 Å². The number of ether oxygens (including phenoxy) is 1. The number of halogens is 2. The summed E-state index contributed by atoms with van der Waals surface area (Å²) in [5.41, 5.74) is 0.486. The molecule has 0 aliphatic heterocycles. The Hall–Kier alpha value is -2.41. The minimum absolute atomic E-state index is 0.0666. The van der Waals surface area contributed by atoms with Gasteiger partial charge in [0.05, 0.1) is 10.0 Å². The number of hydrogen-bond donors (Lipinski definition) is 1. The summed E-state index contributed by atoms with van der Waals surface area (Å²) in [5.74, 6) is -1.11. The summed E-state index contributed by atoms with van der Waals surface area (Å²) in [4.78, 5) is 25.1. The van der Waals surface area contributed by atoms with Crippen molar-refractivity contribution in [1.82, 2.24) is 0 Å². The third kappa shape index (κ3) is 4.92. The van der Waals surface area contributed by atoms with Crippen LogP contribution in [0.2, 0.25) is 10.0 Å². The smallest absolute Gasteiger partial charge is 0.347 e. The van der Waals surface area contributed by atoms with Crippen molar-refractivity contribution in [3.05, 3.63) is 63.3 Å². The maximum atomic E-state index is 12.7. The number of aryl methyl sites for hydroxylation is 1. The fraction of sp³-hybridized carbons (Fsp3) is 0.217. The predicted octanol–water partition coefficient (Wildman–Crippen LogP) is 6.91. The first-order chi connectivity index (χ1) is 14.5. The highest BCUT2D eigenvalue weighted by Gasteiger charge is 2.31. The average molecular weight is 479 g/mol. The summed E-state index contributed by atoms with van der Waals surface area (Å²) in [7, 11) is 0. The third-order valence-electron chi connectivity index (χ3n) is 4.69. The number of ketones is 1. The monoisotopic (exact) mass is 478 g/mol. The van der Waals surface area contributed by atoms with Gasteiger partial charge in [-0.15, -0.1) is 11.8 Å². The van der Waals surface area contributed by atoms with Gasteiger partial charge in [0.1, 0.15) is 5.58 Å². The second-order valence-corrected chi connectivity index (χ2v) is 9.04. The van der Waals surface area contributed by atoms with Crippen molar-refractivity contribution in [3.63, 3.8) is 0 Å². The molecule has 5 nitrogen and oxygen atoms in total. The first kappa shape index (κ1) is 23.3. The zero-order valence-corrected chi connectivity index (χ0v) is 19.6. The molecule has 8 heteroatoms. The topological polar surface area (TPSA) is 76.7 Å². The molecule has 0 radical (unpaired) electrons. The highest BCUT2D eigenvalue weighted by atomic mass is 35.5. The molecule has 0 amide bonds. The molecular formula is C23H20Cl2O5S. The number of carbonyl (C=O) groups excluding carboxylic acids is 1. The van der Waals surface area contributed by atoms with E-state index in [1.54, 1.807) is 30.0 Å². The van der Waals surface area contributed by atoms with E-state index >= 15 is 0 Å². The van der Waals surface area contributed by atoms with Crippen LogP contribution in [-0.4, -0.2) is 28.7 Å². The van der Waals surface area contributed by atoms with E-state index in [1.807, 2.05) is 31.4 Å². The zero-order chi connectivity index (χ0) is 22.9. The number of aliphatic carboxylic acids is 1. The fourth-order valence-electron chi connectivity index (χ4n) is 2.89. The second kappa shape index (κ2) is 8.99. The van der Waals surface area contributed by atoms with Gasteiger partial charge in [0.15, 0.2) is 17.1 Å². The first-order valence-electron chi connectivity index (χ1n) is 9.24. The van der Waals surface area contributed by atoms with Crippen molar-refractivity contribution < 1.29 is 23.8 Å². The molecule has 0 saturated carbocycles. The van der Waals surface area contributed by atoms with E-state index in [2.05, 4.69) is 0 Å². The van der Waals surface area contributed by atoms with Gasteiger partial charge in [-0.05, 0) is 69.0 Å². The summed E-state index contributed by atoms with van der Waals surface area (Å²) < 4.78 is 11.3. The van der Waals surface area contributed by atoms with E-state index in [-0.39, 0.29) is 27.3 Å². The Bertz CT molecular complexity index is 1190. The molecule has 1 aromatic heterocycles. The van der Waals surface area contributed by atoms with Crippen LogP contribution in [0.15, 0.2) is 45.7 Å². The SMILES string of the molecule is CSc1ccc2c(C)c(C(=O)/C=C/c3cc(Cl)c(OC(C)(C)C(=O)O)c(Cl)c3)oc2c1. The number of carbonyl (C=O) groups is 2. The summed E-state index contributed by atoms with van der Waals surface area (Å²) in [6, 6.07) is 8.92. The quantitative estimate of drug-likeness (QED) is 0.226. The molecule has 3 rings (SSSR count). The van der Waals surface area contributed by atoms with Crippen LogP contribution in [0.3, 0.4) is 0 Å². The van der Waals surface area contributed by atoms with Crippen molar-refractivity contribution in [2.75, 3.05) is 6.26 Å². The van der Waals surface area contributed by atoms with Crippen LogP contribution in [0, 0.1) is 6.92 Å². The lowest BCUT2D eigenvalue weighted by molar-refractivity contribution is -0.152. The van der Waals surface area contributed by atoms with Gasteiger partial charge in [-0.2, -0.15) is 0 Å². The van der Waals surface area contributed by atoms with Gasteiger partial charge >= 0.3 is 5.97 Å². The molecule has 0 aliphatic rings. The summed E-state index contributed by atoms with van der Waals surface area (Å²) in [5, 5.41) is 10.4. The maximum absolute atomic E-state index is 12.7. The second-order valence-electron chi connectivity index (χ2n) is 7.35. The molecule has 0 bridgehead atoms. The standard InChI is InChI=1S/C23H20Cl2O5S/c1-12-15-7-6-14(31-4)11-19(15)29-20(12)18(26)8-5-13-9-16(24)21(17(25)10-13)30-23(2,3)22(27)28/h5-11H,1-4H3,(H,27,28)/b8-5+. The first-order valence-corrected chi connectivity index (χ1v) is 11.2. The summed E-state index contributed by atoms with van der Waals surface area (Å²) in [6.07, 6.45) is 4.91. The Morgan fingerprint density at radius 3 is 2.39 bits per heavy atom. The molecule has 162 valence electrons. The number of carboxylic acid groups (broad SMARTS) is 1. The van der Waals surface area contributed by atoms with Gasteiger partial charge < -0.3 is 14.3 Å². The van der Waals surface area contributed by atoms with Crippen LogP contribution in [0.4, 0.5) is 0 Å². The van der Waals surface area contributed by atoms with Crippen LogP contribution in [0.5, 0.6) is 5.75 Å². The largest absolute Gasteiger partial charge is 0.478 e. The Kier molecular flexibility index (Phi) is 6.74. The van der Waals surface area contributed by atoms with E-state index < -0.39 is 11.6 Å². The molecule has 0 fully saturated rings. The lowest BCUT2D eigenvalue weighted by Crippen LogP contribution is -2.38. The number of allylic oxidation sites excluding steroid dienone is 1. The van der Waals surface area contributed by atoms with Crippen LogP contribution in [0.1, 0.15) is 35.5 Å². The van der Waals surface area contributed by atoms with Crippen molar-refractivity contribution in [1.29, 1.82) is 0 Å². The van der Waals surface area contributed by atoms with Crippen LogP contribution >= 0.6 is 35.0 Å². The molecular weight excluding hydrogens is 459 g/mol. The summed E-state index contributed by atoms with van der Waals surface area (Å²) in [6.45, 7) is 4.63. The Morgan fingerprint density at radius 1 is 1.16 bits per heavy atom. The van der Waals surface area contributed by atoms with Crippen molar-refractivity contribution in [2.45, 2.75) is 31.3 Å². The summed E-state index contributed by atoms with van der Waals surface area (Å²) >= 11 is 14.1. The fourth-order valence-corrected chi connectivity index (χ4v) is 3.90. The van der Waals surface area contributed by atoms with Gasteiger partial charge in [0.25, 0.3) is 0 Å². The number of hydrogen-bond acceptors (Lipinski definition) is 5. The maximum Gasteiger partial charge on any atom is 0.347 e. The van der Waals surface area contributed by atoms with Gasteiger partial charge in [0, 0.05) is 15.8 Å². The third-order valence-corrected chi connectivity index (χ3v) is 5.98. The highest BCUT2D eigenvalue weighted by Crippen LogP contribution is 2.37. The minimum atomic E-state index is -1.50. The molecule has 0 unspecified atom stereocenters. The molecule has 31 heavy (non-hydrogen) atoms. The number of fused-ring (bicyclic) bond motifs is 1. The molecule has 0 aliphatic carbocycles. The van der Waals surface area contributed by atoms with E-state index in [1.165, 1.54) is 19.9 Å². The van der Waals surface area contributed by atoms with E-state index in [0.29, 0.717) is 11.1 Å². The number of benzene rings is 2. The van der Waals surface area contributed by atoms with E-state index in [9.17, 15) is 14.7 Å². The molecule has 0 atom stereocenters. The van der Waals surface area contributed by atoms with Gasteiger partial charge in [-0.25, -0.2) is 4.79 Å². The van der Waals surface area contributed by atoms with Gasteiger partial charge in [0.2, 0.25) is 5.78 Å². The number of rotatable bonds is 7. The number of furan rings is 1. The molecule has 2 aromatic carbocycles. The lowest BCUT2D eigenvalue weighted by Gasteiger charge is -2.23. The number of thioether (sulfide) groups is 1. The van der Waals surface area contributed by atoms with Crippen molar-refractivity contribution >= 4 is 63.8 Å². The Balaban J connectivity index is 1.86. The van der Waals surface area contributed by atoms with Crippen molar-refractivity contribution in [3.8, 4) is 5.75 Å². The van der Waals surface area contributed by atoms with Crippen LogP contribution in [0.25, 0.3) is 17.0 Å². The predicted molar refractivity (Wildman–Crippen MR) is 125 cm³/mol. The average Bonchev–Trinajstić information content (AvgIpc) is 3.04. The van der Waals surface area contributed by atoms with Crippen molar-refractivity contribution in [2.24, 2.45) is 0 Å². The normalized spacial score (nSPS) is 11.9. The lowest BCUT2D eigenvalue weighted by atomic mass is 10.1. The molecule has 1 heterocycles. The minimum Gasteiger partial charge on any atom is -0.478 e. The molecule has 0 spiro atoms. The Morgan fingerprint density at radius 2 is 1.81 bits per heavy atom. The van der Waals surface area contributed by atoms with Gasteiger partial charge in [-0.1, -0.05) is 29.3 Å². The van der Waals surface area contributed by atoms with Crippen LogP contribution < -0.4 is 4.74 Å². The molecule has 3 aromatic rings. The Labute approximate surface area is 194 Å². The highest BCUT2D eigenvalue weighted by molar-refractivity contribution is 7.98. The molecule has 0 saturated heterocycles. The van der Waals surface area contributed by atoms with Crippen LogP contribution in [-0.2, 0) is 4.79 Å². The zero-order valence-electron chi connectivity index (χ0n) is 17.3. The van der Waals surface area contributed by atoms with Gasteiger partial charge in [-0.3, -0.25) is 4.79 Å². The molecule has 1 N–H and O–H groups in total.